The fourth-order valence-corrected chi connectivity index (χ4v) is 8.53. The molecule has 0 aliphatic rings. The van der Waals surface area contributed by atoms with Crippen molar-refractivity contribution in [3.63, 3.8) is 0 Å². The van der Waals surface area contributed by atoms with E-state index in [1.807, 2.05) is 6.07 Å². The number of hydrogen-bond donors (Lipinski definition) is 0. The highest BCUT2D eigenvalue weighted by molar-refractivity contribution is 6.19. The van der Waals surface area contributed by atoms with Gasteiger partial charge in [0.1, 0.15) is 11.2 Å². The Kier molecular flexibility index (Phi) is 7.53. The highest BCUT2D eigenvalue weighted by Gasteiger charge is 2.21. The first-order valence-electron chi connectivity index (χ1n) is 19.2. The van der Waals surface area contributed by atoms with Gasteiger partial charge in [-0.05, 0) is 103 Å². The summed E-state index contributed by atoms with van der Waals surface area (Å²) in [6.07, 6.45) is 0. The first kappa shape index (κ1) is 32.0. The van der Waals surface area contributed by atoms with Crippen molar-refractivity contribution in [2.24, 2.45) is 0 Å². The number of para-hydroxylation sites is 2. The Morgan fingerprint density at radius 1 is 0.321 bits per heavy atom. The van der Waals surface area contributed by atoms with Gasteiger partial charge in [-0.15, -0.1) is 0 Å². The predicted octanol–water partition coefficient (Wildman–Crippen LogP) is 15.5. The van der Waals surface area contributed by atoms with E-state index >= 15 is 0 Å². The summed E-state index contributed by atoms with van der Waals surface area (Å²) in [5, 5.41) is 9.59. The van der Waals surface area contributed by atoms with Gasteiger partial charge < -0.3 is 9.32 Å². The molecule has 11 aromatic rings. The Balaban J connectivity index is 1.07. The second-order valence-corrected chi connectivity index (χ2v) is 14.5. The van der Waals surface area contributed by atoms with E-state index in [0.717, 1.165) is 60.9 Å². The molecule has 0 unspecified atom stereocenters. The fourth-order valence-electron chi connectivity index (χ4n) is 8.53. The van der Waals surface area contributed by atoms with E-state index in [1.54, 1.807) is 0 Å². The topological polar surface area (TPSA) is 16.4 Å². The molecule has 262 valence electrons. The number of hydrogen-bond acceptors (Lipinski definition) is 2. The van der Waals surface area contributed by atoms with Crippen molar-refractivity contribution in [1.82, 2.24) is 0 Å². The van der Waals surface area contributed by atoms with E-state index in [-0.39, 0.29) is 0 Å². The molecule has 0 saturated heterocycles. The Hall–Kier alpha value is -7.42. The molecular formula is C54H35NO. The van der Waals surface area contributed by atoms with E-state index in [2.05, 4.69) is 211 Å². The van der Waals surface area contributed by atoms with Gasteiger partial charge in [0, 0.05) is 33.1 Å². The van der Waals surface area contributed by atoms with E-state index in [1.165, 1.54) is 43.8 Å². The average molecular weight is 714 g/mol. The molecule has 0 saturated carbocycles. The van der Waals surface area contributed by atoms with Crippen molar-refractivity contribution < 1.29 is 4.42 Å². The second-order valence-electron chi connectivity index (χ2n) is 14.5. The van der Waals surface area contributed by atoms with E-state index in [0.29, 0.717) is 0 Å². The lowest BCUT2D eigenvalue weighted by Gasteiger charge is -2.28. The van der Waals surface area contributed by atoms with E-state index in [9.17, 15) is 0 Å². The third-order valence-corrected chi connectivity index (χ3v) is 11.3. The Bertz CT molecular complexity index is 3230. The van der Waals surface area contributed by atoms with Gasteiger partial charge in [-0.2, -0.15) is 0 Å². The third kappa shape index (κ3) is 5.34. The van der Waals surface area contributed by atoms with Crippen LogP contribution in [0.25, 0.3) is 87.6 Å². The summed E-state index contributed by atoms with van der Waals surface area (Å²) in [6, 6.07) is 76.5. The number of benzene rings is 10. The largest absolute Gasteiger partial charge is 0.455 e. The molecule has 0 aliphatic heterocycles. The second kappa shape index (κ2) is 13.2. The smallest absolute Gasteiger partial charge is 0.143 e. The molecule has 10 aromatic carbocycles. The van der Waals surface area contributed by atoms with Gasteiger partial charge in [0.15, 0.2) is 0 Å². The van der Waals surface area contributed by atoms with Crippen molar-refractivity contribution in [2.45, 2.75) is 0 Å². The molecule has 0 amide bonds. The maximum absolute atomic E-state index is 6.64. The number of nitrogens with zero attached hydrogens (tertiary/aromatic N) is 1. The van der Waals surface area contributed by atoms with Crippen LogP contribution in [-0.4, -0.2) is 0 Å². The van der Waals surface area contributed by atoms with Crippen LogP contribution in [0.1, 0.15) is 0 Å². The third-order valence-electron chi connectivity index (χ3n) is 11.3. The van der Waals surface area contributed by atoms with Crippen LogP contribution in [0.4, 0.5) is 17.1 Å². The predicted molar refractivity (Wildman–Crippen MR) is 237 cm³/mol. The molecule has 2 heteroatoms. The Morgan fingerprint density at radius 2 is 0.875 bits per heavy atom. The summed E-state index contributed by atoms with van der Waals surface area (Å²) in [6.45, 7) is 0. The minimum absolute atomic E-state index is 0.901. The van der Waals surface area contributed by atoms with Crippen molar-refractivity contribution in [3.05, 3.63) is 212 Å². The SMILES string of the molecule is c1ccc(-c2ccc(N(c3ccc(-c4ccc5c(ccc6ccccc65)c4)cc3)c3ccccc3-c3cccc4ccc5c6ccccc6oc5c34)cc2)cc1. The van der Waals surface area contributed by atoms with Gasteiger partial charge in [-0.25, -0.2) is 0 Å². The molecule has 1 aromatic heterocycles. The first-order chi connectivity index (χ1) is 27.8. The van der Waals surface area contributed by atoms with Crippen molar-refractivity contribution in [2.75, 3.05) is 4.90 Å². The standard InChI is InChI=1S/C54H35NO/c1-2-11-36(12-3-1)37-23-29-43(30-24-37)55(44-31-25-38(26-32-44)41-28-33-46-42(35-41)22-21-39-13-4-5-15-45(39)46)51-19-8-6-16-47(51)49-18-10-14-40-27-34-50-48-17-7-9-20-52(48)56-54(50)53(40)49/h1-35H. The van der Waals surface area contributed by atoms with Crippen molar-refractivity contribution in [3.8, 4) is 33.4 Å². The molecule has 56 heavy (non-hydrogen) atoms. The number of rotatable bonds is 6. The van der Waals surface area contributed by atoms with E-state index in [4.69, 9.17) is 4.42 Å². The first-order valence-corrected chi connectivity index (χ1v) is 19.2. The minimum atomic E-state index is 0.901. The maximum atomic E-state index is 6.64. The zero-order valence-electron chi connectivity index (χ0n) is 30.6. The summed E-state index contributed by atoms with van der Waals surface area (Å²) >= 11 is 0. The molecule has 1 heterocycles. The van der Waals surface area contributed by atoms with Gasteiger partial charge in [0.05, 0.1) is 5.69 Å². The summed E-state index contributed by atoms with van der Waals surface area (Å²) in [5.41, 5.74) is 12.1. The van der Waals surface area contributed by atoms with Gasteiger partial charge in [-0.3, -0.25) is 0 Å². The van der Waals surface area contributed by atoms with Crippen molar-refractivity contribution >= 4 is 71.3 Å². The van der Waals surface area contributed by atoms with E-state index < -0.39 is 0 Å². The number of anilines is 3. The molecule has 2 nitrogen and oxygen atoms in total. The van der Waals surface area contributed by atoms with Gasteiger partial charge in [0.2, 0.25) is 0 Å². The molecule has 0 N–H and O–H groups in total. The molecule has 0 bridgehead atoms. The summed E-state index contributed by atoms with van der Waals surface area (Å²) in [4.78, 5) is 2.39. The number of furan rings is 1. The van der Waals surface area contributed by atoms with Gasteiger partial charge in [0.25, 0.3) is 0 Å². The lowest BCUT2D eigenvalue weighted by atomic mass is 9.94. The van der Waals surface area contributed by atoms with Crippen LogP contribution < -0.4 is 4.90 Å². The highest BCUT2D eigenvalue weighted by atomic mass is 16.3. The molecular weight excluding hydrogens is 679 g/mol. The lowest BCUT2D eigenvalue weighted by Crippen LogP contribution is -2.11. The van der Waals surface area contributed by atoms with Crippen molar-refractivity contribution in [1.29, 1.82) is 0 Å². The summed E-state index contributed by atoms with van der Waals surface area (Å²) in [7, 11) is 0. The Morgan fingerprint density at radius 3 is 1.70 bits per heavy atom. The van der Waals surface area contributed by atoms with Crippen LogP contribution in [0.2, 0.25) is 0 Å². The van der Waals surface area contributed by atoms with Crippen LogP contribution in [-0.2, 0) is 0 Å². The number of fused-ring (bicyclic) bond motifs is 8. The summed E-state index contributed by atoms with van der Waals surface area (Å²) < 4.78 is 6.64. The zero-order valence-corrected chi connectivity index (χ0v) is 30.6. The lowest BCUT2D eigenvalue weighted by molar-refractivity contribution is 0.673. The molecule has 0 spiro atoms. The van der Waals surface area contributed by atoms with Crippen LogP contribution in [0.15, 0.2) is 217 Å². The molecule has 0 fully saturated rings. The van der Waals surface area contributed by atoms with Gasteiger partial charge >= 0.3 is 0 Å². The van der Waals surface area contributed by atoms with Gasteiger partial charge in [-0.1, -0.05) is 164 Å². The fraction of sp³-hybridized carbons (Fsp3) is 0. The normalized spacial score (nSPS) is 11.6. The zero-order chi connectivity index (χ0) is 37.0. The summed E-state index contributed by atoms with van der Waals surface area (Å²) in [5.74, 6) is 0. The van der Waals surface area contributed by atoms with Crippen LogP contribution in [0.3, 0.4) is 0 Å². The maximum Gasteiger partial charge on any atom is 0.143 e. The molecule has 0 radical (unpaired) electrons. The monoisotopic (exact) mass is 713 g/mol. The highest BCUT2D eigenvalue weighted by Crippen LogP contribution is 2.46. The molecule has 0 aliphatic carbocycles. The average Bonchev–Trinajstić information content (AvgIpc) is 3.66. The molecule has 0 atom stereocenters. The van der Waals surface area contributed by atoms with Crippen LogP contribution >= 0.6 is 0 Å². The Labute approximate surface area is 325 Å². The van der Waals surface area contributed by atoms with Crippen LogP contribution in [0, 0.1) is 0 Å². The molecule has 11 rings (SSSR count). The minimum Gasteiger partial charge on any atom is -0.455 e. The quantitative estimate of drug-likeness (QED) is 0.160. The van der Waals surface area contributed by atoms with Crippen LogP contribution in [0.5, 0.6) is 0 Å².